The molecule has 8 heteroatoms. The highest BCUT2D eigenvalue weighted by Gasteiger charge is 2.11. The first-order valence-electron chi connectivity index (χ1n) is 7.67. The second kappa shape index (κ2) is 8.37. The third-order valence-corrected chi connectivity index (χ3v) is 5.19. The predicted octanol–water partition coefficient (Wildman–Crippen LogP) is 3.30. The molecule has 1 aromatic carbocycles. The van der Waals surface area contributed by atoms with Gasteiger partial charge in [-0.1, -0.05) is 28.1 Å². The molecule has 25 heavy (non-hydrogen) atoms. The van der Waals surface area contributed by atoms with E-state index in [1.165, 1.54) is 6.33 Å². The summed E-state index contributed by atoms with van der Waals surface area (Å²) >= 11 is 5.05. The number of aromatic nitrogens is 2. The molecule has 0 unspecified atom stereocenters. The van der Waals surface area contributed by atoms with Crippen LogP contribution in [0.4, 0.5) is 5.82 Å². The molecule has 2 aromatic heterocycles. The van der Waals surface area contributed by atoms with Crippen LogP contribution < -0.4 is 10.6 Å². The molecular weight excluding hydrogens is 404 g/mol. The lowest BCUT2D eigenvalue weighted by molar-refractivity contribution is -0.119. The number of ether oxygens (including phenoxy) is 1. The summed E-state index contributed by atoms with van der Waals surface area (Å²) in [5, 5.41) is 5.85. The lowest BCUT2D eigenvalue weighted by Crippen LogP contribution is -2.32. The van der Waals surface area contributed by atoms with Crippen molar-refractivity contribution < 1.29 is 9.53 Å². The van der Waals surface area contributed by atoms with Crippen molar-refractivity contribution in [3.63, 3.8) is 0 Å². The number of methoxy groups -OCH3 is 1. The Kier molecular flexibility index (Phi) is 5.95. The smallest absolute Gasteiger partial charge is 0.239 e. The summed E-state index contributed by atoms with van der Waals surface area (Å²) in [6.07, 6.45) is 1.51. The molecule has 0 saturated carbocycles. The lowest BCUT2D eigenvalue weighted by Gasteiger charge is -2.07. The summed E-state index contributed by atoms with van der Waals surface area (Å²) in [7, 11) is 1.60. The zero-order valence-electron chi connectivity index (χ0n) is 13.6. The van der Waals surface area contributed by atoms with E-state index in [4.69, 9.17) is 4.74 Å². The number of anilines is 1. The van der Waals surface area contributed by atoms with E-state index < -0.39 is 0 Å². The van der Waals surface area contributed by atoms with Crippen molar-refractivity contribution in [1.29, 1.82) is 0 Å². The third-order valence-electron chi connectivity index (χ3n) is 3.48. The molecule has 0 aliphatic rings. The van der Waals surface area contributed by atoms with E-state index in [0.717, 1.165) is 25.1 Å². The fourth-order valence-electron chi connectivity index (χ4n) is 2.26. The third kappa shape index (κ3) is 4.53. The number of rotatable bonds is 7. The molecule has 0 saturated heterocycles. The molecule has 3 aromatic rings. The van der Waals surface area contributed by atoms with Gasteiger partial charge in [-0.15, -0.1) is 11.3 Å². The van der Waals surface area contributed by atoms with Crippen molar-refractivity contribution in [2.24, 2.45) is 0 Å². The number of nitrogens with zero attached hydrogens (tertiary/aromatic N) is 2. The zero-order valence-corrected chi connectivity index (χ0v) is 16.0. The average molecular weight is 421 g/mol. The summed E-state index contributed by atoms with van der Waals surface area (Å²) in [4.78, 5) is 21.5. The predicted molar refractivity (Wildman–Crippen MR) is 104 cm³/mol. The van der Waals surface area contributed by atoms with Crippen LogP contribution in [0.2, 0.25) is 0 Å². The Hall–Kier alpha value is -2.03. The van der Waals surface area contributed by atoms with Gasteiger partial charge in [-0.3, -0.25) is 4.79 Å². The van der Waals surface area contributed by atoms with E-state index in [-0.39, 0.29) is 12.5 Å². The first-order valence-corrected chi connectivity index (χ1v) is 9.28. The number of thiophene rings is 1. The Morgan fingerprint density at radius 2 is 2.08 bits per heavy atom. The number of fused-ring (bicyclic) bond motifs is 1. The maximum Gasteiger partial charge on any atom is 0.239 e. The minimum atomic E-state index is -0.103. The molecule has 0 radical (unpaired) electrons. The molecule has 0 atom stereocenters. The summed E-state index contributed by atoms with van der Waals surface area (Å²) in [5.74, 6) is 0.564. The van der Waals surface area contributed by atoms with Gasteiger partial charge >= 0.3 is 0 Å². The van der Waals surface area contributed by atoms with E-state index in [1.54, 1.807) is 18.4 Å². The van der Waals surface area contributed by atoms with Crippen LogP contribution in [0.25, 0.3) is 20.7 Å². The minimum Gasteiger partial charge on any atom is -0.383 e. The van der Waals surface area contributed by atoms with Crippen molar-refractivity contribution in [2.45, 2.75) is 0 Å². The number of benzene rings is 1. The van der Waals surface area contributed by atoms with E-state index in [9.17, 15) is 4.79 Å². The highest BCUT2D eigenvalue weighted by atomic mass is 79.9. The molecule has 130 valence electrons. The van der Waals surface area contributed by atoms with Gasteiger partial charge in [0, 0.05) is 23.0 Å². The van der Waals surface area contributed by atoms with E-state index in [1.807, 2.05) is 18.2 Å². The number of carbonyl (C=O) groups is 1. The van der Waals surface area contributed by atoms with Gasteiger partial charge in [0.2, 0.25) is 5.91 Å². The van der Waals surface area contributed by atoms with Crippen LogP contribution in [0, 0.1) is 0 Å². The largest absolute Gasteiger partial charge is 0.383 e. The number of nitrogens with one attached hydrogen (secondary N) is 2. The Morgan fingerprint density at radius 1 is 1.28 bits per heavy atom. The topological polar surface area (TPSA) is 76.1 Å². The van der Waals surface area contributed by atoms with Gasteiger partial charge in [-0.2, -0.15) is 0 Å². The van der Waals surface area contributed by atoms with Gasteiger partial charge in [0.05, 0.1) is 23.4 Å². The number of amides is 1. The number of hydrogen-bond acceptors (Lipinski definition) is 6. The number of hydrogen-bond donors (Lipinski definition) is 2. The van der Waals surface area contributed by atoms with Gasteiger partial charge in [-0.25, -0.2) is 9.97 Å². The van der Waals surface area contributed by atoms with Crippen molar-refractivity contribution >= 4 is 49.2 Å². The monoisotopic (exact) mass is 420 g/mol. The van der Waals surface area contributed by atoms with Crippen molar-refractivity contribution in [3.8, 4) is 10.4 Å². The van der Waals surface area contributed by atoms with Crippen LogP contribution >= 0.6 is 27.3 Å². The molecule has 3 rings (SSSR count). The maximum absolute atomic E-state index is 11.8. The van der Waals surface area contributed by atoms with E-state index >= 15 is 0 Å². The first-order chi connectivity index (χ1) is 12.2. The Morgan fingerprint density at radius 3 is 2.84 bits per heavy atom. The van der Waals surface area contributed by atoms with Crippen LogP contribution in [0.1, 0.15) is 0 Å². The maximum atomic E-state index is 11.8. The highest BCUT2D eigenvalue weighted by Crippen LogP contribution is 2.35. The molecule has 2 N–H and O–H groups in total. The standard InChI is InChI=1S/C17H17BrN4O2S/c1-24-7-6-19-15(23)9-20-17-16-13(21-10-22-17)8-14(25-16)11-2-4-12(18)5-3-11/h2-5,8,10H,6-7,9H2,1H3,(H,19,23)(H,20,21,22). The zero-order chi connectivity index (χ0) is 17.6. The number of halogens is 1. The summed E-state index contributed by atoms with van der Waals surface area (Å²) in [6, 6.07) is 10.2. The van der Waals surface area contributed by atoms with Crippen molar-refractivity contribution in [2.75, 3.05) is 32.1 Å². The minimum absolute atomic E-state index is 0.103. The second-order valence-electron chi connectivity index (χ2n) is 5.25. The molecule has 0 fully saturated rings. The van der Waals surface area contributed by atoms with Gasteiger partial charge < -0.3 is 15.4 Å². The molecular formula is C17H17BrN4O2S. The Balaban J connectivity index is 1.75. The molecule has 0 bridgehead atoms. The van der Waals surface area contributed by atoms with Crippen LogP contribution in [0.5, 0.6) is 0 Å². The Bertz CT molecular complexity index is 867. The van der Waals surface area contributed by atoms with Crippen LogP contribution in [0.3, 0.4) is 0 Å². The van der Waals surface area contributed by atoms with Gasteiger partial charge in [0.1, 0.15) is 12.1 Å². The fourth-order valence-corrected chi connectivity index (χ4v) is 3.60. The molecule has 1 amide bonds. The summed E-state index contributed by atoms with van der Waals surface area (Å²) < 4.78 is 6.88. The molecule has 0 aliphatic carbocycles. The lowest BCUT2D eigenvalue weighted by atomic mass is 10.2. The van der Waals surface area contributed by atoms with Gasteiger partial charge in [0.15, 0.2) is 0 Å². The number of carbonyl (C=O) groups excluding carboxylic acids is 1. The Labute approximate surface area is 157 Å². The van der Waals surface area contributed by atoms with Gasteiger partial charge in [0.25, 0.3) is 0 Å². The quantitative estimate of drug-likeness (QED) is 0.573. The SMILES string of the molecule is COCCNC(=O)CNc1ncnc2cc(-c3ccc(Br)cc3)sc12. The molecule has 0 aliphatic heterocycles. The van der Waals surface area contributed by atoms with E-state index in [2.05, 4.69) is 48.7 Å². The van der Waals surface area contributed by atoms with Crippen molar-refractivity contribution in [1.82, 2.24) is 15.3 Å². The van der Waals surface area contributed by atoms with Crippen LogP contribution in [-0.2, 0) is 9.53 Å². The molecule has 6 nitrogen and oxygen atoms in total. The summed E-state index contributed by atoms with van der Waals surface area (Å²) in [5.41, 5.74) is 1.98. The second-order valence-corrected chi connectivity index (χ2v) is 7.22. The normalized spacial score (nSPS) is 10.8. The molecule has 2 heterocycles. The highest BCUT2D eigenvalue weighted by molar-refractivity contribution is 9.10. The summed E-state index contributed by atoms with van der Waals surface area (Å²) in [6.45, 7) is 1.13. The molecule has 0 spiro atoms. The van der Waals surface area contributed by atoms with Crippen LogP contribution in [-0.4, -0.2) is 42.7 Å². The average Bonchev–Trinajstić information content (AvgIpc) is 3.05. The van der Waals surface area contributed by atoms with Gasteiger partial charge in [-0.05, 0) is 23.8 Å². The van der Waals surface area contributed by atoms with Crippen molar-refractivity contribution in [3.05, 3.63) is 41.1 Å². The fraction of sp³-hybridized carbons (Fsp3) is 0.235. The van der Waals surface area contributed by atoms with E-state index in [0.29, 0.717) is 19.0 Å². The first kappa shape index (κ1) is 17.8. The van der Waals surface area contributed by atoms with Crippen LogP contribution in [0.15, 0.2) is 41.1 Å².